The van der Waals surface area contributed by atoms with Crippen molar-refractivity contribution in [3.05, 3.63) is 65.2 Å². The number of aromatic carboxylic acids is 1. The van der Waals surface area contributed by atoms with E-state index in [1.165, 1.54) is 12.3 Å². The van der Waals surface area contributed by atoms with E-state index < -0.39 is 5.97 Å². The fraction of sp³-hybridized carbons (Fsp3) is 0.150. The van der Waals surface area contributed by atoms with Gasteiger partial charge in [0.05, 0.1) is 5.56 Å². The van der Waals surface area contributed by atoms with Gasteiger partial charge in [-0.2, -0.15) is 0 Å². The van der Waals surface area contributed by atoms with Gasteiger partial charge in [-0.05, 0) is 13.0 Å². The fourth-order valence-electron chi connectivity index (χ4n) is 2.39. The van der Waals surface area contributed by atoms with Gasteiger partial charge in [0.2, 0.25) is 0 Å². The van der Waals surface area contributed by atoms with Crippen LogP contribution in [0.4, 0.5) is 0 Å². The third-order valence-corrected chi connectivity index (χ3v) is 3.53. The predicted molar refractivity (Wildman–Crippen MR) is 97.0 cm³/mol. The Hall–Kier alpha value is -3.59. The molecule has 0 aliphatic carbocycles. The summed E-state index contributed by atoms with van der Waals surface area (Å²) in [7, 11) is 0. The van der Waals surface area contributed by atoms with Crippen LogP contribution in [0.1, 0.15) is 46.0 Å². The molecule has 26 heavy (non-hydrogen) atoms. The first-order valence-electron chi connectivity index (χ1n) is 7.91. The SMILES string of the molecule is C#CC.CCc1onc(-c2ccccc2)c1C(=O)c1c[nH]c(C(=O)O)c1. The maximum absolute atomic E-state index is 12.8. The number of benzene rings is 1. The Bertz CT molecular complexity index is 946. The van der Waals surface area contributed by atoms with Gasteiger partial charge in [-0.1, -0.05) is 42.4 Å². The Morgan fingerprint density at radius 1 is 1.31 bits per heavy atom. The molecule has 3 aromatic rings. The van der Waals surface area contributed by atoms with Crippen LogP contribution in [0.15, 0.2) is 47.1 Å². The number of carboxylic acids is 1. The highest BCUT2D eigenvalue weighted by atomic mass is 16.5. The van der Waals surface area contributed by atoms with Gasteiger partial charge in [0, 0.05) is 23.7 Å². The van der Waals surface area contributed by atoms with Crippen molar-refractivity contribution in [3.63, 3.8) is 0 Å². The Kier molecular flexibility index (Phi) is 6.12. The molecular formula is C20H18N2O4. The highest BCUT2D eigenvalue weighted by molar-refractivity contribution is 6.13. The molecule has 2 aromatic heterocycles. The van der Waals surface area contributed by atoms with Gasteiger partial charge in [0.1, 0.15) is 17.1 Å². The maximum atomic E-state index is 12.8. The molecule has 0 amide bonds. The summed E-state index contributed by atoms with van der Waals surface area (Å²) >= 11 is 0. The Labute approximate surface area is 150 Å². The maximum Gasteiger partial charge on any atom is 0.352 e. The van der Waals surface area contributed by atoms with Crippen LogP contribution < -0.4 is 0 Å². The number of carbonyl (C=O) groups is 2. The molecule has 2 heterocycles. The minimum absolute atomic E-state index is 0.0379. The second kappa shape index (κ2) is 8.49. The summed E-state index contributed by atoms with van der Waals surface area (Å²) in [6.45, 7) is 3.52. The average molecular weight is 350 g/mol. The van der Waals surface area contributed by atoms with Crippen molar-refractivity contribution in [2.75, 3.05) is 0 Å². The lowest BCUT2D eigenvalue weighted by Gasteiger charge is -2.01. The lowest BCUT2D eigenvalue weighted by Crippen LogP contribution is -2.04. The quantitative estimate of drug-likeness (QED) is 0.539. The molecule has 132 valence electrons. The molecule has 3 rings (SSSR count). The average Bonchev–Trinajstić information content (AvgIpc) is 3.30. The molecule has 0 spiro atoms. The zero-order chi connectivity index (χ0) is 19.1. The minimum atomic E-state index is -1.12. The molecule has 0 radical (unpaired) electrons. The standard InChI is InChI=1S/C17H14N2O4.C3H4/c1-2-13-14(15(19-23-13)10-6-4-3-5-7-10)16(20)11-8-12(17(21)22)18-9-11;1-3-2/h3-9,18H,2H2,1H3,(H,21,22);1H,2H3. The number of nitrogens with one attached hydrogen (secondary N) is 1. The molecule has 6 heteroatoms. The van der Waals surface area contributed by atoms with Gasteiger partial charge < -0.3 is 14.6 Å². The van der Waals surface area contributed by atoms with Gasteiger partial charge in [-0.3, -0.25) is 4.79 Å². The van der Waals surface area contributed by atoms with E-state index in [1.807, 2.05) is 37.3 Å². The van der Waals surface area contributed by atoms with E-state index >= 15 is 0 Å². The summed E-state index contributed by atoms with van der Waals surface area (Å²) in [5.74, 6) is 1.30. The zero-order valence-electron chi connectivity index (χ0n) is 14.4. The zero-order valence-corrected chi connectivity index (χ0v) is 14.4. The second-order valence-electron chi connectivity index (χ2n) is 5.27. The summed E-state index contributed by atoms with van der Waals surface area (Å²) < 4.78 is 5.30. The molecule has 1 aromatic carbocycles. The van der Waals surface area contributed by atoms with Crippen LogP contribution in [0.3, 0.4) is 0 Å². The Morgan fingerprint density at radius 2 is 1.96 bits per heavy atom. The van der Waals surface area contributed by atoms with Crippen LogP contribution in [0.2, 0.25) is 0 Å². The number of carboxylic acid groups (broad SMARTS) is 1. The molecule has 6 nitrogen and oxygen atoms in total. The van der Waals surface area contributed by atoms with Gasteiger partial charge in [-0.15, -0.1) is 12.3 Å². The molecule has 0 unspecified atom stereocenters. The normalized spacial score (nSPS) is 9.73. The summed E-state index contributed by atoms with van der Waals surface area (Å²) in [6.07, 6.45) is 6.49. The predicted octanol–water partition coefficient (Wildman–Crippen LogP) is 3.80. The molecule has 2 N–H and O–H groups in total. The van der Waals surface area contributed by atoms with Crippen LogP contribution >= 0.6 is 0 Å². The number of terminal acetylenes is 1. The number of rotatable bonds is 5. The van der Waals surface area contributed by atoms with Gasteiger partial charge in [0.15, 0.2) is 5.78 Å². The van der Waals surface area contributed by atoms with Crippen molar-refractivity contribution in [2.24, 2.45) is 0 Å². The number of aryl methyl sites for hydroxylation is 1. The van der Waals surface area contributed by atoms with E-state index in [2.05, 4.69) is 22.5 Å². The number of nitrogens with zero attached hydrogens (tertiary/aromatic N) is 1. The van der Waals surface area contributed by atoms with E-state index in [4.69, 9.17) is 9.63 Å². The first kappa shape index (κ1) is 18.7. The topological polar surface area (TPSA) is 96.2 Å². The molecule has 0 bridgehead atoms. The summed E-state index contributed by atoms with van der Waals surface area (Å²) in [5, 5.41) is 13.0. The molecule has 0 fully saturated rings. The molecular weight excluding hydrogens is 332 g/mol. The van der Waals surface area contributed by atoms with Crippen molar-refractivity contribution in [1.29, 1.82) is 0 Å². The molecule has 0 atom stereocenters. The van der Waals surface area contributed by atoms with Crippen molar-refractivity contribution < 1.29 is 19.2 Å². The molecule has 0 aliphatic heterocycles. The number of H-pyrrole nitrogens is 1. The first-order chi connectivity index (χ1) is 12.5. The minimum Gasteiger partial charge on any atom is -0.477 e. The highest BCUT2D eigenvalue weighted by Gasteiger charge is 2.25. The van der Waals surface area contributed by atoms with Crippen LogP contribution in [-0.4, -0.2) is 27.0 Å². The largest absolute Gasteiger partial charge is 0.477 e. The Balaban J connectivity index is 0.000000758. The first-order valence-corrected chi connectivity index (χ1v) is 7.91. The van der Waals surface area contributed by atoms with Crippen molar-refractivity contribution >= 4 is 11.8 Å². The van der Waals surface area contributed by atoms with E-state index in [0.717, 1.165) is 5.56 Å². The highest BCUT2D eigenvalue weighted by Crippen LogP contribution is 2.28. The smallest absolute Gasteiger partial charge is 0.352 e. The summed E-state index contributed by atoms with van der Waals surface area (Å²) in [4.78, 5) is 26.3. The van der Waals surface area contributed by atoms with E-state index in [9.17, 15) is 9.59 Å². The number of carbonyl (C=O) groups excluding carboxylic acids is 1. The van der Waals surface area contributed by atoms with Crippen LogP contribution in [0, 0.1) is 12.3 Å². The number of aromatic nitrogens is 2. The number of aromatic amines is 1. The number of hydrogen-bond acceptors (Lipinski definition) is 4. The Morgan fingerprint density at radius 3 is 2.50 bits per heavy atom. The van der Waals surface area contributed by atoms with Crippen molar-refractivity contribution in [1.82, 2.24) is 10.1 Å². The van der Waals surface area contributed by atoms with Gasteiger partial charge in [-0.25, -0.2) is 4.79 Å². The van der Waals surface area contributed by atoms with E-state index in [-0.39, 0.29) is 17.0 Å². The second-order valence-corrected chi connectivity index (χ2v) is 5.27. The van der Waals surface area contributed by atoms with Crippen LogP contribution in [-0.2, 0) is 6.42 Å². The molecule has 0 aliphatic rings. The van der Waals surface area contributed by atoms with Crippen LogP contribution in [0.5, 0.6) is 0 Å². The fourth-order valence-corrected chi connectivity index (χ4v) is 2.39. The lowest BCUT2D eigenvalue weighted by atomic mass is 9.98. The van der Waals surface area contributed by atoms with Crippen LogP contribution in [0.25, 0.3) is 11.3 Å². The third-order valence-electron chi connectivity index (χ3n) is 3.53. The summed E-state index contributed by atoms with van der Waals surface area (Å²) in [6, 6.07) is 10.6. The van der Waals surface area contributed by atoms with Gasteiger partial charge in [0.25, 0.3) is 0 Å². The van der Waals surface area contributed by atoms with Gasteiger partial charge >= 0.3 is 5.97 Å². The molecule has 0 saturated heterocycles. The molecule has 0 saturated carbocycles. The monoisotopic (exact) mass is 350 g/mol. The van der Waals surface area contributed by atoms with E-state index in [0.29, 0.717) is 23.4 Å². The summed E-state index contributed by atoms with van der Waals surface area (Å²) in [5.41, 5.74) is 1.83. The lowest BCUT2D eigenvalue weighted by molar-refractivity contribution is 0.0691. The number of hydrogen-bond donors (Lipinski definition) is 2. The third kappa shape index (κ3) is 3.90. The van der Waals surface area contributed by atoms with E-state index in [1.54, 1.807) is 6.92 Å². The number of ketones is 1. The van der Waals surface area contributed by atoms with Crippen molar-refractivity contribution in [2.45, 2.75) is 20.3 Å². The van der Waals surface area contributed by atoms with Crippen molar-refractivity contribution in [3.8, 4) is 23.6 Å².